The van der Waals surface area contributed by atoms with Crippen LogP contribution in [0.5, 0.6) is 0 Å². The van der Waals surface area contributed by atoms with Gasteiger partial charge >= 0.3 is 0 Å². The van der Waals surface area contributed by atoms with Crippen molar-refractivity contribution >= 4 is 40.7 Å². The normalized spacial score (nSPS) is 16.9. The Morgan fingerprint density at radius 2 is 1.86 bits per heavy atom. The Kier molecular flexibility index (Phi) is 6.18. The second-order valence-electron chi connectivity index (χ2n) is 5.31. The molecule has 1 N–H and O–H groups in total. The van der Waals surface area contributed by atoms with Crippen LogP contribution in [0, 0.1) is 0 Å². The van der Waals surface area contributed by atoms with Crippen molar-refractivity contribution in [1.29, 1.82) is 0 Å². The molecule has 1 fully saturated rings. The smallest absolute Gasteiger partial charge is 0.236 e. The predicted molar refractivity (Wildman–Crippen MR) is 88.3 cm³/mol. The SMILES string of the molecule is CC(NCC(=O)N1CCCCC1)c1ccc(Cl)c(Cl)c1Cl. The summed E-state index contributed by atoms with van der Waals surface area (Å²) in [6.07, 6.45) is 3.41. The van der Waals surface area contributed by atoms with Gasteiger partial charge in [0.2, 0.25) is 5.91 Å². The van der Waals surface area contributed by atoms with Gasteiger partial charge in [0.25, 0.3) is 0 Å². The summed E-state index contributed by atoms with van der Waals surface area (Å²) < 4.78 is 0. The van der Waals surface area contributed by atoms with Crippen LogP contribution in [0.3, 0.4) is 0 Å². The maximum absolute atomic E-state index is 12.1. The molecule has 1 unspecified atom stereocenters. The van der Waals surface area contributed by atoms with Crippen molar-refractivity contribution in [3.05, 3.63) is 32.8 Å². The van der Waals surface area contributed by atoms with Crippen molar-refractivity contribution in [3.63, 3.8) is 0 Å². The molecule has 3 nitrogen and oxygen atoms in total. The van der Waals surface area contributed by atoms with Crippen LogP contribution in [-0.4, -0.2) is 30.4 Å². The quantitative estimate of drug-likeness (QED) is 0.822. The zero-order valence-electron chi connectivity index (χ0n) is 12.0. The fourth-order valence-electron chi connectivity index (χ4n) is 2.48. The molecule has 1 amide bonds. The van der Waals surface area contributed by atoms with Gasteiger partial charge in [-0.15, -0.1) is 0 Å². The monoisotopic (exact) mass is 348 g/mol. The lowest BCUT2D eigenvalue weighted by atomic mass is 10.1. The number of carbonyl (C=O) groups excluding carboxylic acids is 1. The molecule has 1 aliphatic rings. The van der Waals surface area contributed by atoms with E-state index in [-0.39, 0.29) is 11.9 Å². The Hall–Kier alpha value is -0.480. The second kappa shape index (κ2) is 7.68. The van der Waals surface area contributed by atoms with Crippen molar-refractivity contribution in [2.45, 2.75) is 32.2 Å². The number of hydrogen-bond acceptors (Lipinski definition) is 2. The first kappa shape index (κ1) is 16.9. The van der Waals surface area contributed by atoms with Gasteiger partial charge < -0.3 is 10.2 Å². The molecular weight excluding hydrogens is 331 g/mol. The Morgan fingerprint density at radius 3 is 2.52 bits per heavy atom. The lowest BCUT2D eigenvalue weighted by Crippen LogP contribution is -2.41. The number of amides is 1. The summed E-state index contributed by atoms with van der Waals surface area (Å²) >= 11 is 18.2. The number of nitrogens with one attached hydrogen (secondary N) is 1. The molecule has 0 radical (unpaired) electrons. The summed E-state index contributed by atoms with van der Waals surface area (Å²) in [7, 11) is 0. The minimum atomic E-state index is -0.0685. The number of hydrogen-bond donors (Lipinski definition) is 1. The van der Waals surface area contributed by atoms with Crippen LogP contribution in [0.4, 0.5) is 0 Å². The Bertz CT molecular complexity index is 516. The maximum atomic E-state index is 12.1. The van der Waals surface area contributed by atoms with Gasteiger partial charge in [0.15, 0.2) is 0 Å². The van der Waals surface area contributed by atoms with E-state index < -0.39 is 0 Å². The molecule has 1 aromatic carbocycles. The number of carbonyl (C=O) groups is 1. The topological polar surface area (TPSA) is 32.3 Å². The second-order valence-corrected chi connectivity index (χ2v) is 6.47. The molecule has 0 saturated carbocycles. The summed E-state index contributed by atoms with van der Waals surface area (Å²) in [6.45, 7) is 3.98. The summed E-state index contributed by atoms with van der Waals surface area (Å²) in [6, 6.07) is 3.48. The van der Waals surface area contributed by atoms with Crippen LogP contribution in [-0.2, 0) is 4.79 Å². The minimum absolute atomic E-state index is 0.0685. The van der Waals surface area contributed by atoms with E-state index in [4.69, 9.17) is 34.8 Å². The van der Waals surface area contributed by atoms with E-state index in [0.29, 0.717) is 21.6 Å². The highest BCUT2D eigenvalue weighted by molar-refractivity contribution is 6.48. The van der Waals surface area contributed by atoms with Gasteiger partial charge in [0.05, 0.1) is 21.6 Å². The van der Waals surface area contributed by atoms with Crippen LogP contribution in [0.2, 0.25) is 15.1 Å². The molecule has 0 bridgehead atoms. The van der Waals surface area contributed by atoms with Crippen molar-refractivity contribution < 1.29 is 4.79 Å². The fourth-order valence-corrected chi connectivity index (χ4v) is 3.19. The summed E-state index contributed by atoms with van der Waals surface area (Å²) in [5, 5.41) is 4.43. The van der Waals surface area contributed by atoms with E-state index in [1.54, 1.807) is 6.07 Å². The van der Waals surface area contributed by atoms with Gasteiger partial charge in [-0.1, -0.05) is 40.9 Å². The molecule has 1 saturated heterocycles. The Labute approximate surface area is 140 Å². The van der Waals surface area contributed by atoms with E-state index in [0.717, 1.165) is 31.5 Å². The minimum Gasteiger partial charge on any atom is -0.342 e. The summed E-state index contributed by atoms with van der Waals surface area (Å²) in [5.41, 5.74) is 0.845. The third kappa shape index (κ3) is 4.26. The first-order chi connectivity index (χ1) is 10.0. The highest BCUT2D eigenvalue weighted by atomic mass is 35.5. The number of nitrogens with zero attached hydrogens (tertiary/aromatic N) is 1. The lowest BCUT2D eigenvalue weighted by molar-refractivity contribution is -0.131. The van der Waals surface area contributed by atoms with Gasteiger partial charge in [-0.05, 0) is 37.8 Å². The number of rotatable bonds is 4. The Balaban J connectivity index is 1.94. The zero-order valence-corrected chi connectivity index (χ0v) is 14.2. The van der Waals surface area contributed by atoms with Gasteiger partial charge in [0, 0.05) is 19.1 Å². The van der Waals surface area contributed by atoms with E-state index in [2.05, 4.69) is 5.32 Å². The molecule has 6 heteroatoms. The number of halogens is 3. The molecular formula is C15H19Cl3N2O. The van der Waals surface area contributed by atoms with Gasteiger partial charge in [-0.3, -0.25) is 4.79 Å². The van der Waals surface area contributed by atoms with Gasteiger partial charge in [-0.2, -0.15) is 0 Å². The molecule has 0 aromatic heterocycles. The van der Waals surface area contributed by atoms with E-state index in [1.807, 2.05) is 17.9 Å². The van der Waals surface area contributed by atoms with Crippen LogP contribution in [0.1, 0.15) is 37.8 Å². The van der Waals surface area contributed by atoms with Gasteiger partial charge in [-0.25, -0.2) is 0 Å². The molecule has 1 aromatic rings. The van der Waals surface area contributed by atoms with Crippen molar-refractivity contribution in [3.8, 4) is 0 Å². The van der Waals surface area contributed by atoms with Gasteiger partial charge in [0.1, 0.15) is 0 Å². The fraction of sp³-hybridized carbons (Fsp3) is 0.533. The predicted octanol–water partition coefficient (Wildman–Crippen LogP) is 4.31. The van der Waals surface area contributed by atoms with E-state index in [9.17, 15) is 4.79 Å². The van der Waals surface area contributed by atoms with Crippen molar-refractivity contribution in [2.24, 2.45) is 0 Å². The van der Waals surface area contributed by atoms with E-state index in [1.165, 1.54) is 6.42 Å². The first-order valence-electron chi connectivity index (χ1n) is 7.15. The molecule has 0 spiro atoms. The number of likely N-dealkylation sites (tertiary alicyclic amines) is 1. The maximum Gasteiger partial charge on any atom is 0.236 e. The lowest BCUT2D eigenvalue weighted by Gasteiger charge is -2.27. The first-order valence-corrected chi connectivity index (χ1v) is 8.28. The molecule has 1 atom stereocenters. The standard InChI is InChI=1S/C15H19Cl3N2O/c1-10(11-5-6-12(16)15(18)14(11)17)19-9-13(21)20-7-3-2-4-8-20/h5-6,10,19H,2-4,7-9H2,1H3. The molecule has 0 aliphatic carbocycles. The summed E-state index contributed by atoms with van der Waals surface area (Å²) in [4.78, 5) is 14.0. The molecule has 1 heterocycles. The molecule has 116 valence electrons. The molecule has 2 rings (SSSR count). The third-order valence-electron chi connectivity index (χ3n) is 3.80. The summed E-state index contributed by atoms with van der Waals surface area (Å²) in [5.74, 6) is 0.137. The van der Waals surface area contributed by atoms with Crippen LogP contribution >= 0.6 is 34.8 Å². The third-order valence-corrected chi connectivity index (χ3v) is 5.11. The van der Waals surface area contributed by atoms with Crippen LogP contribution in [0.25, 0.3) is 0 Å². The number of benzene rings is 1. The average molecular weight is 350 g/mol. The zero-order chi connectivity index (χ0) is 15.4. The van der Waals surface area contributed by atoms with Crippen molar-refractivity contribution in [1.82, 2.24) is 10.2 Å². The molecule has 1 aliphatic heterocycles. The molecule has 21 heavy (non-hydrogen) atoms. The highest BCUT2D eigenvalue weighted by Gasteiger charge is 2.18. The van der Waals surface area contributed by atoms with E-state index >= 15 is 0 Å². The van der Waals surface area contributed by atoms with Crippen molar-refractivity contribution in [2.75, 3.05) is 19.6 Å². The largest absolute Gasteiger partial charge is 0.342 e. The number of piperidine rings is 1. The Morgan fingerprint density at radius 1 is 1.19 bits per heavy atom. The average Bonchev–Trinajstić information content (AvgIpc) is 2.51. The highest BCUT2D eigenvalue weighted by Crippen LogP contribution is 2.35. The van der Waals surface area contributed by atoms with Crippen LogP contribution < -0.4 is 5.32 Å². The van der Waals surface area contributed by atoms with Crippen LogP contribution in [0.15, 0.2) is 12.1 Å².